The topological polar surface area (TPSA) is 42.2 Å². The Hall–Kier alpha value is -2.26. The molecule has 20 heavy (non-hydrogen) atoms. The molecule has 0 saturated carbocycles. The lowest BCUT2D eigenvalue weighted by Gasteiger charge is -2.11. The fraction of sp³-hybridized carbons (Fsp3) is 0.0625. The summed E-state index contributed by atoms with van der Waals surface area (Å²) in [5.74, 6) is -0.0342. The molecule has 4 heteroatoms. The van der Waals surface area contributed by atoms with Crippen LogP contribution in [0.4, 0.5) is 0 Å². The Morgan fingerprint density at radius 3 is 2.55 bits per heavy atom. The molecule has 1 heterocycles. The maximum atomic E-state index is 12.1. The van der Waals surface area contributed by atoms with E-state index in [4.69, 9.17) is 11.6 Å². The zero-order chi connectivity index (χ0) is 14.1. The molecule has 3 nitrogen and oxygen atoms in total. The number of aromatic nitrogens is 1. The van der Waals surface area contributed by atoms with E-state index in [-0.39, 0.29) is 11.4 Å². The van der Waals surface area contributed by atoms with Gasteiger partial charge in [-0.3, -0.25) is 9.36 Å². The van der Waals surface area contributed by atoms with Crippen LogP contribution in [-0.4, -0.2) is 9.67 Å². The normalized spacial score (nSPS) is 10.8. The van der Waals surface area contributed by atoms with Crippen LogP contribution in [0.15, 0.2) is 59.4 Å². The van der Waals surface area contributed by atoms with Crippen LogP contribution in [0.1, 0.15) is 5.56 Å². The molecule has 1 N–H and O–H groups in total. The molecule has 0 spiro atoms. The molecule has 0 aliphatic heterocycles. The van der Waals surface area contributed by atoms with E-state index in [1.807, 2.05) is 30.3 Å². The second kappa shape index (κ2) is 5.02. The van der Waals surface area contributed by atoms with Crippen LogP contribution in [0.25, 0.3) is 10.8 Å². The van der Waals surface area contributed by atoms with Crippen molar-refractivity contribution in [3.63, 3.8) is 0 Å². The van der Waals surface area contributed by atoms with Gasteiger partial charge in [0, 0.05) is 16.5 Å². The molecule has 1 aromatic heterocycles. The van der Waals surface area contributed by atoms with Crippen molar-refractivity contribution in [2.24, 2.45) is 0 Å². The van der Waals surface area contributed by atoms with Gasteiger partial charge in [0.1, 0.15) is 0 Å². The van der Waals surface area contributed by atoms with Crippen LogP contribution in [-0.2, 0) is 6.54 Å². The van der Waals surface area contributed by atoms with Gasteiger partial charge < -0.3 is 5.11 Å². The highest BCUT2D eigenvalue weighted by molar-refractivity contribution is 6.31. The minimum Gasteiger partial charge on any atom is -0.494 e. The Morgan fingerprint density at radius 2 is 1.80 bits per heavy atom. The van der Waals surface area contributed by atoms with E-state index in [0.717, 1.165) is 5.56 Å². The van der Waals surface area contributed by atoms with Gasteiger partial charge in [0.25, 0.3) is 5.56 Å². The summed E-state index contributed by atoms with van der Waals surface area (Å²) in [4.78, 5) is 12.1. The molecule has 2 aromatic carbocycles. The fourth-order valence-electron chi connectivity index (χ4n) is 2.24. The van der Waals surface area contributed by atoms with Gasteiger partial charge in [0.05, 0.1) is 6.54 Å². The largest absolute Gasteiger partial charge is 0.494 e. The number of rotatable bonds is 2. The van der Waals surface area contributed by atoms with Crippen LogP contribution in [0, 0.1) is 0 Å². The number of nitrogens with zero attached hydrogens (tertiary/aromatic N) is 1. The lowest BCUT2D eigenvalue weighted by Crippen LogP contribution is -2.19. The van der Waals surface area contributed by atoms with Crippen molar-refractivity contribution in [1.82, 2.24) is 4.57 Å². The summed E-state index contributed by atoms with van der Waals surface area (Å²) in [7, 11) is 0. The number of pyridine rings is 1. The standard InChI is InChI=1S/C16H12ClNO2/c17-13-6-7-14-12(8-13)9-15(19)18(16(14)20)10-11-4-2-1-3-5-11/h1-9,20H,10H2. The van der Waals surface area contributed by atoms with E-state index in [2.05, 4.69) is 0 Å². The monoisotopic (exact) mass is 285 g/mol. The molecule has 0 fully saturated rings. The lowest BCUT2D eigenvalue weighted by molar-refractivity contribution is 0.422. The second-order valence-electron chi connectivity index (χ2n) is 4.61. The third kappa shape index (κ3) is 2.28. The van der Waals surface area contributed by atoms with Gasteiger partial charge in [0.2, 0.25) is 5.88 Å². The van der Waals surface area contributed by atoms with Gasteiger partial charge in [-0.2, -0.15) is 0 Å². The van der Waals surface area contributed by atoms with Crippen LogP contribution < -0.4 is 5.56 Å². The summed E-state index contributed by atoms with van der Waals surface area (Å²) in [6, 6.07) is 16.1. The maximum absolute atomic E-state index is 12.1. The molecule has 0 bridgehead atoms. The Morgan fingerprint density at radius 1 is 1.05 bits per heavy atom. The highest BCUT2D eigenvalue weighted by Gasteiger charge is 2.09. The minimum atomic E-state index is -0.249. The molecule has 0 atom stereocenters. The van der Waals surface area contributed by atoms with Crippen molar-refractivity contribution in [1.29, 1.82) is 0 Å². The Kier molecular flexibility index (Phi) is 3.20. The number of halogens is 1. The smallest absolute Gasteiger partial charge is 0.254 e. The van der Waals surface area contributed by atoms with Crippen LogP contribution in [0.3, 0.4) is 0 Å². The molecule has 3 aromatic rings. The zero-order valence-corrected chi connectivity index (χ0v) is 11.3. The van der Waals surface area contributed by atoms with E-state index in [0.29, 0.717) is 22.3 Å². The average molecular weight is 286 g/mol. The zero-order valence-electron chi connectivity index (χ0n) is 10.6. The van der Waals surface area contributed by atoms with E-state index >= 15 is 0 Å². The van der Waals surface area contributed by atoms with E-state index in [1.165, 1.54) is 10.6 Å². The molecule has 3 rings (SSSR count). The molecular formula is C16H12ClNO2. The van der Waals surface area contributed by atoms with Gasteiger partial charge >= 0.3 is 0 Å². The highest BCUT2D eigenvalue weighted by Crippen LogP contribution is 2.25. The maximum Gasteiger partial charge on any atom is 0.254 e. The molecule has 0 saturated heterocycles. The summed E-state index contributed by atoms with van der Waals surface area (Å²) < 4.78 is 1.35. The van der Waals surface area contributed by atoms with Gasteiger partial charge in [-0.15, -0.1) is 0 Å². The third-order valence-corrected chi connectivity index (χ3v) is 3.47. The van der Waals surface area contributed by atoms with Crippen molar-refractivity contribution in [2.75, 3.05) is 0 Å². The Balaban J connectivity index is 2.16. The first-order valence-corrected chi connectivity index (χ1v) is 6.59. The van der Waals surface area contributed by atoms with Crippen molar-refractivity contribution < 1.29 is 5.11 Å². The molecule has 100 valence electrons. The SMILES string of the molecule is O=c1cc2cc(Cl)ccc2c(O)n1Cc1ccccc1. The Bertz CT molecular complexity index is 825. The summed E-state index contributed by atoms with van der Waals surface area (Å²) >= 11 is 5.90. The highest BCUT2D eigenvalue weighted by atomic mass is 35.5. The first-order chi connectivity index (χ1) is 9.65. The average Bonchev–Trinajstić information content (AvgIpc) is 2.44. The number of aromatic hydroxyl groups is 1. The van der Waals surface area contributed by atoms with E-state index in [9.17, 15) is 9.90 Å². The molecule has 0 amide bonds. The second-order valence-corrected chi connectivity index (χ2v) is 5.05. The number of benzene rings is 2. The number of fused-ring (bicyclic) bond motifs is 1. The summed E-state index contributed by atoms with van der Waals surface area (Å²) in [5, 5.41) is 12.1. The van der Waals surface area contributed by atoms with Gasteiger partial charge in [-0.05, 0) is 29.1 Å². The first-order valence-electron chi connectivity index (χ1n) is 6.21. The summed E-state index contributed by atoms with van der Waals surface area (Å²) in [6.07, 6.45) is 0. The molecule has 0 aliphatic carbocycles. The van der Waals surface area contributed by atoms with E-state index in [1.54, 1.807) is 18.2 Å². The van der Waals surface area contributed by atoms with Crippen molar-refractivity contribution in [3.05, 3.63) is 75.5 Å². The van der Waals surface area contributed by atoms with Crippen molar-refractivity contribution >= 4 is 22.4 Å². The Labute approximate surface area is 120 Å². The van der Waals surface area contributed by atoms with Crippen molar-refractivity contribution in [3.8, 4) is 5.88 Å². The van der Waals surface area contributed by atoms with Crippen molar-refractivity contribution in [2.45, 2.75) is 6.54 Å². The quantitative estimate of drug-likeness (QED) is 0.784. The van der Waals surface area contributed by atoms with E-state index < -0.39 is 0 Å². The predicted molar refractivity (Wildman–Crippen MR) is 80.4 cm³/mol. The number of hydrogen-bond donors (Lipinski definition) is 1. The fourth-order valence-corrected chi connectivity index (χ4v) is 2.42. The summed E-state index contributed by atoms with van der Waals surface area (Å²) in [5.41, 5.74) is 0.708. The van der Waals surface area contributed by atoms with Crippen LogP contribution in [0.5, 0.6) is 5.88 Å². The molecular weight excluding hydrogens is 274 g/mol. The van der Waals surface area contributed by atoms with Gasteiger partial charge in [-0.1, -0.05) is 41.9 Å². The van der Waals surface area contributed by atoms with Gasteiger partial charge in [0.15, 0.2) is 0 Å². The predicted octanol–water partition coefficient (Wildman–Crippen LogP) is 3.41. The number of hydrogen-bond acceptors (Lipinski definition) is 2. The minimum absolute atomic E-state index is 0.0342. The van der Waals surface area contributed by atoms with Crippen LogP contribution in [0.2, 0.25) is 5.02 Å². The molecule has 0 aliphatic rings. The molecule has 0 unspecified atom stereocenters. The molecule has 0 radical (unpaired) electrons. The first kappa shape index (κ1) is 12.8. The van der Waals surface area contributed by atoms with Gasteiger partial charge in [-0.25, -0.2) is 0 Å². The van der Waals surface area contributed by atoms with Crippen LogP contribution >= 0.6 is 11.6 Å². The third-order valence-electron chi connectivity index (χ3n) is 3.24. The summed E-state index contributed by atoms with van der Waals surface area (Å²) in [6.45, 7) is 0.337. The lowest BCUT2D eigenvalue weighted by atomic mass is 10.1.